The van der Waals surface area contributed by atoms with Gasteiger partial charge in [0.15, 0.2) is 0 Å². The molecule has 4 nitrogen and oxygen atoms in total. The second kappa shape index (κ2) is 6.28. The molecule has 0 aromatic heterocycles. The van der Waals surface area contributed by atoms with Gasteiger partial charge in [0.05, 0.1) is 12.7 Å². The molecule has 1 saturated carbocycles. The highest BCUT2D eigenvalue weighted by molar-refractivity contribution is 5.67. The molecule has 84 valence electrons. The lowest BCUT2D eigenvalue weighted by atomic mass is 9.84. The van der Waals surface area contributed by atoms with Gasteiger partial charge in [-0.15, -0.1) is 0 Å². The summed E-state index contributed by atoms with van der Waals surface area (Å²) in [5, 5.41) is 11.4. The van der Waals surface area contributed by atoms with Gasteiger partial charge in [-0.3, -0.25) is 0 Å². The molecule has 1 rings (SSSR count). The molecule has 15 heavy (non-hydrogen) atoms. The van der Waals surface area contributed by atoms with Crippen LogP contribution in [0.5, 0.6) is 0 Å². The molecule has 4 heteroatoms. The van der Waals surface area contributed by atoms with Gasteiger partial charge in [-0.2, -0.15) is 5.26 Å². The quantitative estimate of drug-likeness (QED) is 0.776. The zero-order valence-electron chi connectivity index (χ0n) is 9.16. The lowest BCUT2D eigenvalue weighted by Crippen LogP contribution is -2.37. The normalized spacial score (nSPS) is 25.3. The van der Waals surface area contributed by atoms with E-state index in [9.17, 15) is 4.79 Å². The molecule has 1 aliphatic carbocycles. The van der Waals surface area contributed by atoms with Gasteiger partial charge in [0.2, 0.25) is 0 Å². The van der Waals surface area contributed by atoms with E-state index in [-0.39, 0.29) is 12.1 Å². The zero-order valence-corrected chi connectivity index (χ0v) is 9.16. The Morgan fingerprint density at radius 1 is 1.47 bits per heavy atom. The number of nitrogens with zero attached hydrogens (tertiary/aromatic N) is 1. The van der Waals surface area contributed by atoms with E-state index in [0.29, 0.717) is 18.9 Å². The summed E-state index contributed by atoms with van der Waals surface area (Å²) in [4.78, 5) is 11.1. The highest BCUT2D eigenvalue weighted by Crippen LogP contribution is 2.26. The Morgan fingerprint density at radius 2 is 2.13 bits per heavy atom. The van der Waals surface area contributed by atoms with Gasteiger partial charge in [-0.05, 0) is 38.5 Å². The molecule has 1 amide bonds. The van der Waals surface area contributed by atoms with Gasteiger partial charge < -0.3 is 10.1 Å². The number of rotatable bonds is 3. The summed E-state index contributed by atoms with van der Waals surface area (Å²) in [6, 6.07) is 2.44. The van der Waals surface area contributed by atoms with Crippen LogP contribution in [-0.4, -0.2) is 18.7 Å². The predicted octanol–water partition coefficient (Wildman–Crippen LogP) is 2.20. The molecule has 0 bridgehead atoms. The average molecular weight is 210 g/mol. The van der Waals surface area contributed by atoms with Gasteiger partial charge >= 0.3 is 6.09 Å². The van der Waals surface area contributed by atoms with Crippen LogP contribution in [0.1, 0.15) is 39.0 Å². The number of ether oxygens (including phenoxy) is 1. The van der Waals surface area contributed by atoms with E-state index in [1.54, 1.807) is 6.92 Å². The summed E-state index contributed by atoms with van der Waals surface area (Å²) in [6.07, 6.45) is 4.32. The number of hydrogen-bond acceptors (Lipinski definition) is 3. The average Bonchev–Trinajstić information content (AvgIpc) is 2.22. The van der Waals surface area contributed by atoms with E-state index < -0.39 is 0 Å². The first-order chi connectivity index (χ1) is 7.26. The van der Waals surface area contributed by atoms with Gasteiger partial charge in [-0.25, -0.2) is 4.79 Å². The molecule has 0 heterocycles. The first kappa shape index (κ1) is 11.8. The lowest BCUT2D eigenvalue weighted by molar-refractivity contribution is 0.143. The van der Waals surface area contributed by atoms with Gasteiger partial charge in [0, 0.05) is 12.5 Å². The standard InChI is InChI=1S/C11H18N2O2/c1-2-15-11(14)13-10-5-3-9(4-6-10)7-8-12/h9-10H,2-7H2,1H3,(H,13,14). The van der Waals surface area contributed by atoms with Crippen LogP contribution in [0.3, 0.4) is 0 Å². The number of carbonyl (C=O) groups is 1. The predicted molar refractivity (Wildman–Crippen MR) is 56.1 cm³/mol. The van der Waals surface area contributed by atoms with Crippen molar-refractivity contribution in [1.29, 1.82) is 5.26 Å². The minimum absolute atomic E-state index is 0.235. The van der Waals surface area contributed by atoms with E-state index in [1.165, 1.54) is 0 Å². The van der Waals surface area contributed by atoms with Crippen molar-refractivity contribution in [3.63, 3.8) is 0 Å². The van der Waals surface area contributed by atoms with Crippen molar-refractivity contribution in [2.75, 3.05) is 6.61 Å². The molecule has 0 aliphatic heterocycles. The molecule has 0 aromatic carbocycles. The fourth-order valence-electron chi connectivity index (χ4n) is 1.98. The maximum absolute atomic E-state index is 11.1. The van der Waals surface area contributed by atoms with E-state index in [4.69, 9.17) is 10.00 Å². The smallest absolute Gasteiger partial charge is 0.407 e. The molecule has 1 aliphatic rings. The van der Waals surface area contributed by atoms with Crippen molar-refractivity contribution in [2.45, 2.75) is 45.1 Å². The second-order valence-corrected chi connectivity index (χ2v) is 3.94. The van der Waals surface area contributed by atoms with Crippen LogP contribution in [0.4, 0.5) is 4.79 Å². The van der Waals surface area contributed by atoms with Crippen molar-refractivity contribution in [3.8, 4) is 6.07 Å². The van der Waals surface area contributed by atoms with E-state index in [2.05, 4.69) is 11.4 Å². The third-order valence-corrected chi connectivity index (χ3v) is 2.82. The molecular formula is C11H18N2O2. The summed E-state index contributed by atoms with van der Waals surface area (Å²) in [7, 11) is 0. The third kappa shape index (κ3) is 4.20. The molecule has 1 N–H and O–H groups in total. The van der Waals surface area contributed by atoms with Gasteiger partial charge in [0.25, 0.3) is 0 Å². The zero-order chi connectivity index (χ0) is 11.1. The van der Waals surface area contributed by atoms with Crippen LogP contribution in [0, 0.1) is 17.2 Å². The van der Waals surface area contributed by atoms with Crippen LogP contribution in [0.15, 0.2) is 0 Å². The Hall–Kier alpha value is -1.24. The molecule has 0 aromatic rings. The highest BCUT2D eigenvalue weighted by Gasteiger charge is 2.22. The first-order valence-electron chi connectivity index (χ1n) is 5.56. The van der Waals surface area contributed by atoms with E-state index in [0.717, 1.165) is 25.7 Å². The van der Waals surface area contributed by atoms with Crippen LogP contribution in [-0.2, 0) is 4.74 Å². The molecule has 0 spiro atoms. The highest BCUT2D eigenvalue weighted by atomic mass is 16.5. The molecule has 1 fully saturated rings. The number of nitrogens with one attached hydrogen (secondary N) is 1. The number of amides is 1. The summed E-state index contributed by atoms with van der Waals surface area (Å²) in [5.41, 5.74) is 0. The van der Waals surface area contributed by atoms with E-state index >= 15 is 0 Å². The summed E-state index contributed by atoms with van der Waals surface area (Å²) in [6.45, 7) is 2.21. The Bertz CT molecular complexity index is 239. The Labute approximate surface area is 90.6 Å². The summed E-state index contributed by atoms with van der Waals surface area (Å²) < 4.78 is 4.82. The van der Waals surface area contributed by atoms with Crippen LogP contribution in [0.25, 0.3) is 0 Å². The SMILES string of the molecule is CCOC(=O)NC1CCC(CC#N)CC1. The molecule has 0 radical (unpaired) electrons. The van der Waals surface area contributed by atoms with E-state index in [1.807, 2.05) is 0 Å². The fourth-order valence-corrected chi connectivity index (χ4v) is 1.98. The monoisotopic (exact) mass is 210 g/mol. The second-order valence-electron chi connectivity index (χ2n) is 3.94. The number of carbonyl (C=O) groups excluding carboxylic acids is 1. The third-order valence-electron chi connectivity index (χ3n) is 2.82. The Balaban J connectivity index is 2.20. The molecule has 0 saturated heterocycles. The minimum atomic E-state index is -0.318. The number of alkyl carbamates (subject to hydrolysis) is 1. The lowest BCUT2D eigenvalue weighted by Gasteiger charge is -2.27. The van der Waals surface area contributed by atoms with Gasteiger partial charge in [0.1, 0.15) is 0 Å². The largest absolute Gasteiger partial charge is 0.450 e. The van der Waals surface area contributed by atoms with Crippen molar-refractivity contribution in [1.82, 2.24) is 5.32 Å². The van der Waals surface area contributed by atoms with Crippen molar-refractivity contribution < 1.29 is 9.53 Å². The maximum Gasteiger partial charge on any atom is 0.407 e. The van der Waals surface area contributed by atoms with Gasteiger partial charge in [-0.1, -0.05) is 0 Å². The molecular weight excluding hydrogens is 192 g/mol. The van der Waals surface area contributed by atoms with Crippen LogP contribution in [0.2, 0.25) is 0 Å². The van der Waals surface area contributed by atoms with Crippen molar-refractivity contribution in [2.24, 2.45) is 5.92 Å². The maximum atomic E-state index is 11.1. The Morgan fingerprint density at radius 3 is 2.67 bits per heavy atom. The first-order valence-corrected chi connectivity index (χ1v) is 5.56. The number of nitriles is 1. The molecule has 0 atom stereocenters. The topological polar surface area (TPSA) is 62.1 Å². The van der Waals surface area contributed by atoms with Crippen LogP contribution < -0.4 is 5.32 Å². The number of hydrogen-bond donors (Lipinski definition) is 1. The van der Waals surface area contributed by atoms with Crippen LogP contribution >= 0.6 is 0 Å². The fraction of sp³-hybridized carbons (Fsp3) is 0.818. The molecule has 0 unspecified atom stereocenters. The van der Waals surface area contributed by atoms with Crippen molar-refractivity contribution >= 4 is 6.09 Å². The van der Waals surface area contributed by atoms with Crippen molar-refractivity contribution in [3.05, 3.63) is 0 Å². The summed E-state index contributed by atoms with van der Waals surface area (Å²) >= 11 is 0. The Kier molecular flexibility index (Phi) is 4.96. The minimum Gasteiger partial charge on any atom is -0.450 e. The summed E-state index contributed by atoms with van der Waals surface area (Å²) in [5.74, 6) is 0.523.